The van der Waals surface area contributed by atoms with E-state index in [1.54, 1.807) is 0 Å². The van der Waals surface area contributed by atoms with Crippen molar-refractivity contribution in [2.45, 2.75) is 43.5 Å². The number of nitrogens with one attached hydrogen (secondary N) is 1. The average molecular weight is 321 g/mol. The van der Waals surface area contributed by atoms with E-state index in [1.165, 1.54) is 18.2 Å². The van der Waals surface area contributed by atoms with E-state index in [9.17, 15) is 9.59 Å². The number of thioether (sulfide) groups is 1. The van der Waals surface area contributed by atoms with Crippen molar-refractivity contribution in [3.05, 3.63) is 30.3 Å². The summed E-state index contributed by atoms with van der Waals surface area (Å²) in [5.41, 5.74) is 0. The second-order valence-corrected chi connectivity index (χ2v) is 6.75. The lowest BCUT2D eigenvalue weighted by Crippen LogP contribution is -2.43. The number of ether oxygens (including phenoxy) is 1. The molecule has 1 N–H and O–H groups in total. The fourth-order valence-electron chi connectivity index (χ4n) is 2.63. The molecule has 2 rings (SSSR count). The van der Waals surface area contributed by atoms with E-state index in [1.807, 2.05) is 30.3 Å². The monoisotopic (exact) mass is 321 g/mol. The van der Waals surface area contributed by atoms with Crippen molar-refractivity contribution in [3.63, 3.8) is 0 Å². The number of carbonyl (C=O) groups excluding carboxylic acids is 2. The Balaban J connectivity index is 1.64. The Morgan fingerprint density at radius 1 is 1.23 bits per heavy atom. The maximum atomic E-state index is 11.8. The van der Waals surface area contributed by atoms with Crippen LogP contribution in [0.5, 0.6) is 0 Å². The summed E-state index contributed by atoms with van der Waals surface area (Å²) in [5, 5.41) is 2.97. The second kappa shape index (κ2) is 8.83. The number of hydrogen-bond donors (Lipinski definition) is 1. The smallest absolute Gasteiger partial charge is 0.316 e. The molecule has 1 saturated carbocycles. The Kier molecular flexibility index (Phi) is 6.77. The highest BCUT2D eigenvalue weighted by Crippen LogP contribution is 2.23. The highest BCUT2D eigenvalue weighted by molar-refractivity contribution is 8.00. The molecule has 1 aliphatic carbocycles. The van der Waals surface area contributed by atoms with Crippen molar-refractivity contribution >= 4 is 23.6 Å². The van der Waals surface area contributed by atoms with E-state index in [-0.39, 0.29) is 30.3 Å². The van der Waals surface area contributed by atoms with Gasteiger partial charge in [0.2, 0.25) is 0 Å². The molecule has 0 bridgehead atoms. The maximum absolute atomic E-state index is 11.8. The second-order valence-electron chi connectivity index (χ2n) is 5.70. The van der Waals surface area contributed by atoms with Gasteiger partial charge in [0.1, 0.15) is 0 Å². The zero-order chi connectivity index (χ0) is 15.8. The fraction of sp³-hybridized carbons (Fsp3) is 0.529. The van der Waals surface area contributed by atoms with Crippen molar-refractivity contribution in [2.24, 2.45) is 5.92 Å². The predicted molar refractivity (Wildman–Crippen MR) is 87.7 cm³/mol. The van der Waals surface area contributed by atoms with Gasteiger partial charge in [-0.2, -0.15) is 0 Å². The third-order valence-electron chi connectivity index (χ3n) is 3.92. The number of esters is 1. The van der Waals surface area contributed by atoms with Crippen LogP contribution in [0.3, 0.4) is 0 Å². The van der Waals surface area contributed by atoms with Crippen LogP contribution in [-0.4, -0.2) is 30.3 Å². The van der Waals surface area contributed by atoms with Gasteiger partial charge in [-0.25, -0.2) is 0 Å². The van der Waals surface area contributed by atoms with Crippen LogP contribution in [0, 0.1) is 5.92 Å². The molecule has 1 amide bonds. The van der Waals surface area contributed by atoms with E-state index in [4.69, 9.17) is 4.74 Å². The molecule has 1 aromatic carbocycles. The van der Waals surface area contributed by atoms with Crippen LogP contribution in [0.15, 0.2) is 35.2 Å². The minimum atomic E-state index is -0.360. The number of hydrogen-bond acceptors (Lipinski definition) is 4. The fourth-order valence-corrected chi connectivity index (χ4v) is 3.34. The molecule has 0 spiro atoms. The molecule has 0 saturated heterocycles. The summed E-state index contributed by atoms with van der Waals surface area (Å²) >= 11 is 1.41. The van der Waals surface area contributed by atoms with Crippen molar-refractivity contribution < 1.29 is 14.3 Å². The highest BCUT2D eigenvalue weighted by atomic mass is 32.2. The lowest BCUT2D eigenvalue weighted by Gasteiger charge is -2.29. The van der Waals surface area contributed by atoms with Gasteiger partial charge in [-0.1, -0.05) is 38.0 Å². The Bertz CT molecular complexity index is 492. The minimum absolute atomic E-state index is 0.183. The highest BCUT2D eigenvalue weighted by Gasteiger charge is 2.23. The molecule has 120 valence electrons. The lowest BCUT2D eigenvalue weighted by molar-refractivity contribution is -0.146. The van der Waals surface area contributed by atoms with Crippen molar-refractivity contribution in [1.29, 1.82) is 0 Å². The maximum Gasteiger partial charge on any atom is 0.316 e. The number of carbonyl (C=O) groups is 2. The Morgan fingerprint density at radius 2 is 1.95 bits per heavy atom. The molecule has 1 fully saturated rings. The van der Waals surface area contributed by atoms with Gasteiger partial charge < -0.3 is 10.1 Å². The van der Waals surface area contributed by atoms with Gasteiger partial charge in [-0.05, 0) is 30.9 Å². The largest absolute Gasteiger partial charge is 0.455 e. The normalized spacial score (nSPS) is 21.1. The molecule has 5 heteroatoms. The predicted octanol–water partition coefficient (Wildman–Crippen LogP) is 3.02. The SMILES string of the molecule is C[C@@H]1CCCC[C@@H]1NC(=O)COC(=O)CSc1ccccc1. The first-order valence-electron chi connectivity index (χ1n) is 7.78. The summed E-state index contributed by atoms with van der Waals surface area (Å²) in [4.78, 5) is 24.5. The van der Waals surface area contributed by atoms with Crippen LogP contribution in [0.2, 0.25) is 0 Å². The van der Waals surface area contributed by atoms with Crippen molar-refractivity contribution in [2.75, 3.05) is 12.4 Å². The summed E-state index contributed by atoms with van der Waals surface area (Å²) in [7, 11) is 0. The third-order valence-corrected chi connectivity index (χ3v) is 4.91. The minimum Gasteiger partial charge on any atom is -0.455 e. The topological polar surface area (TPSA) is 55.4 Å². The summed E-state index contributed by atoms with van der Waals surface area (Å²) in [6, 6.07) is 9.88. The van der Waals surface area contributed by atoms with Crippen LogP contribution in [-0.2, 0) is 14.3 Å². The standard InChI is InChI=1S/C17H23NO3S/c1-13-7-5-6-10-15(13)18-16(19)11-21-17(20)12-22-14-8-3-2-4-9-14/h2-4,8-9,13,15H,5-7,10-12H2,1H3,(H,18,19)/t13-,15+/m1/s1. The first kappa shape index (κ1) is 16.9. The molecule has 0 radical (unpaired) electrons. The molecule has 4 nitrogen and oxygen atoms in total. The molecule has 0 aromatic heterocycles. The zero-order valence-corrected chi connectivity index (χ0v) is 13.7. The van der Waals surface area contributed by atoms with E-state index >= 15 is 0 Å². The zero-order valence-electron chi connectivity index (χ0n) is 12.9. The van der Waals surface area contributed by atoms with E-state index < -0.39 is 0 Å². The number of rotatable bonds is 6. The molecule has 1 aliphatic rings. The summed E-state index contributed by atoms with van der Waals surface area (Å²) in [5.74, 6) is 0.163. The van der Waals surface area contributed by atoms with Gasteiger partial charge in [-0.15, -0.1) is 11.8 Å². The molecular weight excluding hydrogens is 298 g/mol. The van der Waals surface area contributed by atoms with Crippen LogP contribution < -0.4 is 5.32 Å². The molecule has 0 heterocycles. The van der Waals surface area contributed by atoms with Crippen molar-refractivity contribution in [3.8, 4) is 0 Å². The van der Waals surface area contributed by atoms with Gasteiger partial charge in [0, 0.05) is 10.9 Å². The average Bonchev–Trinajstić information content (AvgIpc) is 2.54. The molecule has 1 aromatic rings. The van der Waals surface area contributed by atoms with Crippen LogP contribution in [0.1, 0.15) is 32.6 Å². The lowest BCUT2D eigenvalue weighted by atomic mass is 9.86. The molecular formula is C17H23NO3S. The first-order valence-corrected chi connectivity index (χ1v) is 8.76. The van der Waals surface area contributed by atoms with Gasteiger partial charge in [-0.3, -0.25) is 9.59 Å². The Labute approximate surface area is 136 Å². The van der Waals surface area contributed by atoms with E-state index in [2.05, 4.69) is 12.2 Å². The summed E-state index contributed by atoms with van der Waals surface area (Å²) in [6.07, 6.45) is 4.56. The summed E-state index contributed by atoms with van der Waals surface area (Å²) in [6.45, 7) is 1.98. The summed E-state index contributed by atoms with van der Waals surface area (Å²) < 4.78 is 5.03. The number of amides is 1. The quantitative estimate of drug-likeness (QED) is 0.646. The van der Waals surface area contributed by atoms with Gasteiger partial charge >= 0.3 is 5.97 Å². The molecule has 22 heavy (non-hydrogen) atoms. The number of benzene rings is 1. The third kappa shape index (κ3) is 5.72. The van der Waals surface area contributed by atoms with Crippen LogP contribution in [0.4, 0.5) is 0 Å². The van der Waals surface area contributed by atoms with Gasteiger partial charge in [0.25, 0.3) is 5.91 Å². The molecule has 2 atom stereocenters. The first-order chi connectivity index (χ1) is 10.6. The van der Waals surface area contributed by atoms with Gasteiger partial charge in [0.05, 0.1) is 5.75 Å². The van der Waals surface area contributed by atoms with Crippen LogP contribution in [0.25, 0.3) is 0 Å². The Hall–Kier alpha value is -1.49. The Morgan fingerprint density at radius 3 is 2.68 bits per heavy atom. The molecule has 0 aliphatic heterocycles. The van der Waals surface area contributed by atoms with E-state index in [0.29, 0.717) is 5.92 Å². The van der Waals surface area contributed by atoms with Gasteiger partial charge in [0.15, 0.2) is 6.61 Å². The van der Waals surface area contributed by atoms with E-state index in [0.717, 1.165) is 24.2 Å². The van der Waals surface area contributed by atoms with Crippen LogP contribution >= 0.6 is 11.8 Å². The van der Waals surface area contributed by atoms with Crippen molar-refractivity contribution in [1.82, 2.24) is 5.32 Å². The molecule has 0 unspecified atom stereocenters.